The predicted octanol–water partition coefficient (Wildman–Crippen LogP) is 5.31. The van der Waals surface area contributed by atoms with Gasteiger partial charge in [0, 0.05) is 11.5 Å². The highest BCUT2D eigenvalue weighted by atomic mass is 16.6. The van der Waals surface area contributed by atoms with Gasteiger partial charge in [0.15, 0.2) is 0 Å². The van der Waals surface area contributed by atoms with Crippen molar-refractivity contribution in [3.05, 3.63) is 65.7 Å². The van der Waals surface area contributed by atoms with Crippen molar-refractivity contribution >= 4 is 17.0 Å². The van der Waals surface area contributed by atoms with E-state index in [1.54, 1.807) is 0 Å². The molecule has 4 nitrogen and oxygen atoms in total. The fraction of sp³-hybridized carbons (Fsp3) is 0.286. The van der Waals surface area contributed by atoms with Crippen LogP contribution in [0, 0.1) is 6.92 Å². The average molecular weight is 337 g/mol. The van der Waals surface area contributed by atoms with Crippen LogP contribution in [0.15, 0.2) is 54.6 Å². The van der Waals surface area contributed by atoms with Gasteiger partial charge in [0.05, 0.1) is 5.52 Å². The summed E-state index contributed by atoms with van der Waals surface area (Å²) in [6.07, 6.45) is -0.431. The number of carbonyl (C=O) groups excluding carboxylic acids is 1. The van der Waals surface area contributed by atoms with Crippen molar-refractivity contribution < 1.29 is 14.3 Å². The summed E-state index contributed by atoms with van der Waals surface area (Å²) in [6.45, 7) is 7.93. The van der Waals surface area contributed by atoms with Crippen LogP contribution in [0.25, 0.3) is 10.9 Å². The Morgan fingerprint density at radius 1 is 1.04 bits per heavy atom. The Hall–Kier alpha value is -2.75. The zero-order valence-corrected chi connectivity index (χ0v) is 15.1. The van der Waals surface area contributed by atoms with E-state index in [-0.39, 0.29) is 0 Å². The molecule has 0 unspecified atom stereocenters. The molecule has 0 N–H and O–H groups in total. The highest BCUT2D eigenvalue weighted by Crippen LogP contribution is 2.29. The minimum Gasteiger partial charge on any atom is -0.474 e. The molecule has 0 radical (unpaired) electrons. The van der Waals surface area contributed by atoms with Gasteiger partial charge in [-0.1, -0.05) is 48.5 Å². The minimum atomic E-state index is -0.576. The number of aromatic nitrogens is 1. The van der Waals surface area contributed by atoms with Gasteiger partial charge >= 0.3 is 6.09 Å². The van der Waals surface area contributed by atoms with Gasteiger partial charge in [0.25, 0.3) is 0 Å². The number of rotatable bonds is 3. The van der Waals surface area contributed by atoms with Crippen molar-refractivity contribution in [2.75, 3.05) is 0 Å². The van der Waals surface area contributed by atoms with E-state index in [1.807, 2.05) is 82.3 Å². The largest absolute Gasteiger partial charge is 0.474 e. The fourth-order valence-electron chi connectivity index (χ4n) is 2.74. The van der Waals surface area contributed by atoms with Crippen LogP contribution < -0.4 is 4.74 Å². The first-order valence-electron chi connectivity index (χ1n) is 8.36. The molecule has 0 spiro atoms. The lowest BCUT2D eigenvalue weighted by atomic mass is 10.2. The van der Waals surface area contributed by atoms with Crippen LogP contribution in [-0.2, 0) is 11.3 Å². The minimum absolute atomic E-state index is 0.388. The third kappa shape index (κ3) is 3.85. The molecule has 1 heterocycles. The van der Waals surface area contributed by atoms with Crippen LogP contribution in [0.4, 0.5) is 4.79 Å². The Morgan fingerprint density at radius 3 is 2.44 bits per heavy atom. The Labute approximate surface area is 148 Å². The van der Waals surface area contributed by atoms with Crippen molar-refractivity contribution in [1.82, 2.24) is 4.57 Å². The molecule has 0 aliphatic rings. The molecule has 0 atom stereocenters. The summed E-state index contributed by atoms with van der Waals surface area (Å²) < 4.78 is 13.1. The number of ether oxygens (including phenoxy) is 2. The maximum absolute atomic E-state index is 12.8. The SMILES string of the molecule is Cc1cccc2cc(OCc3ccccc3)n(C(=O)OC(C)(C)C)c12. The zero-order chi connectivity index (χ0) is 18.0. The molecule has 0 saturated heterocycles. The Morgan fingerprint density at radius 2 is 1.76 bits per heavy atom. The Bertz CT molecular complexity index is 889. The van der Waals surface area contributed by atoms with E-state index >= 15 is 0 Å². The molecule has 0 fully saturated rings. The van der Waals surface area contributed by atoms with Crippen LogP contribution in [0.1, 0.15) is 31.9 Å². The van der Waals surface area contributed by atoms with Gasteiger partial charge in [0.2, 0.25) is 5.88 Å². The summed E-state index contributed by atoms with van der Waals surface area (Å²) in [4.78, 5) is 12.8. The molecule has 3 aromatic rings. The number of hydrogen-bond acceptors (Lipinski definition) is 3. The standard InChI is InChI=1S/C21H23NO3/c1-15-9-8-12-17-13-18(24-14-16-10-6-5-7-11-16)22(19(15)17)20(23)25-21(2,3)4/h5-13H,14H2,1-4H3. The van der Waals surface area contributed by atoms with E-state index < -0.39 is 11.7 Å². The number of hydrogen-bond donors (Lipinski definition) is 0. The van der Waals surface area contributed by atoms with E-state index in [2.05, 4.69) is 0 Å². The van der Waals surface area contributed by atoms with Crippen molar-refractivity contribution in [1.29, 1.82) is 0 Å². The van der Waals surface area contributed by atoms with Gasteiger partial charge in [-0.25, -0.2) is 9.36 Å². The van der Waals surface area contributed by atoms with Crippen LogP contribution in [0.5, 0.6) is 5.88 Å². The lowest BCUT2D eigenvalue weighted by molar-refractivity contribution is 0.0527. The zero-order valence-electron chi connectivity index (χ0n) is 15.1. The second-order valence-electron chi connectivity index (χ2n) is 7.09. The van der Waals surface area contributed by atoms with Crippen molar-refractivity contribution in [2.45, 2.75) is 39.9 Å². The first-order valence-corrected chi connectivity index (χ1v) is 8.36. The highest BCUT2D eigenvalue weighted by Gasteiger charge is 2.23. The maximum Gasteiger partial charge on any atom is 0.421 e. The summed E-state index contributed by atoms with van der Waals surface area (Å²) in [5, 5.41) is 0.953. The number of nitrogens with zero attached hydrogens (tertiary/aromatic N) is 1. The second kappa shape index (κ2) is 6.63. The third-order valence-electron chi connectivity index (χ3n) is 3.80. The first-order chi connectivity index (χ1) is 11.8. The third-order valence-corrected chi connectivity index (χ3v) is 3.80. The molecule has 2 aromatic carbocycles. The molecule has 0 bridgehead atoms. The quantitative estimate of drug-likeness (QED) is 0.650. The summed E-state index contributed by atoms with van der Waals surface area (Å²) in [5.41, 5.74) is 2.28. The molecule has 130 valence electrons. The van der Waals surface area contributed by atoms with Crippen molar-refractivity contribution in [2.24, 2.45) is 0 Å². The van der Waals surface area contributed by atoms with E-state index in [0.29, 0.717) is 12.5 Å². The lowest BCUT2D eigenvalue weighted by Crippen LogP contribution is -2.27. The summed E-state index contributed by atoms with van der Waals surface area (Å²) in [7, 11) is 0. The van der Waals surface area contributed by atoms with Gasteiger partial charge in [-0.3, -0.25) is 0 Å². The summed E-state index contributed by atoms with van der Waals surface area (Å²) in [6, 6.07) is 17.7. The molecule has 0 amide bonds. The molecular formula is C21H23NO3. The predicted molar refractivity (Wildman–Crippen MR) is 99.1 cm³/mol. The molecular weight excluding hydrogens is 314 g/mol. The van der Waals surface area contributed by atoms with E-state index in [4.69, 9.17) is 9.47 Å². The summed E-state index contributed by atoms with van der Waals surface area (Å²) >= 11 is 0. The first kappa shape index (κ1) is 17.1. The van der Waals surface area contributed by atoms with E-state index in [9.17, 15) is 4.79 Å². The molecule has 4 heteroatoms. The van der Waals surface area contributed by atoms with Gasteiger partial charge < -0.3 is 9.47 Å². The van der Waals surface area contributed by atoms with Gasteiger partial charge in [-0.05, 0) is 38.8 Å². The van der Waals surface area contributed by atoms with Crippen molar-refractivity contribution in [3.8, 4) is 5.88 Å². The number of fused-ring (bicyclic) bond motifs is 1. The molecule has 3 rings (SSSR count). The fourth-order valence-corrected chi connectivity index (χ4v) is 2.74. The highest BCUT2D eigenvalue weighted by molar-refractivity contribution is 5.94. The van der Waals surface area contributed by atoms with Crippen LogP contribution in [0.2, 0.25) is 0 Å². The normalized spacial score (nSPS) is 11.5. The molecule has 25 heavy (non-hydrogen) atoms. The van der Waals surface area contributed by atoms with Gasteiger partial charge in [0.1, 0.15) is 12.2 Å². The second-order valence-corrected chi connectivity index (χ2v) is 7.09. The van der Waals surface area contributed by atoms with E-state index in [1.165, 1.54) is 4.57 Å². The van der Waals surface area contributed by atoms with Crippen LogP contribution in [-0.4, -0.2) is 16.3 Å². The van der Waals surface area contributed by atoms with Crippen LogP contribution in [0.3, 0.4) is 0 Å². The van der Waals surface area contributed by atoms with Crippen LogP contribution >= 0.6 is 0 Å². The lowest BCUT2D eigenvalue weighted by Gasteiger charge is -2.21. The molecule has 0 saturated carbocycles. The van der Waals surface area contributed by atoms with E-state index in [0.717, 1.165) is 22.0 Å². The van der Waals surface area contributed by atoms with Gasteiger partial charge in [-0.2, -0.15) is 0 Å². The average Bonchev–Trinajstić information content (AvgIpc) is 2.92. The number of aryl methyl sites for hydroxylation is 1. The number of para-hydroxylation sites is 1. The molecule has 1 aromatic heterocycles. The maximum atomic E-state index is 12.8. The molecule has 0 aliphatic heterocycles. The number of carbonyl (C=O) groups is 1. The monoisotopic (exact) mass is 337 g/mol. The summed E-state index contributed by atoms with van der Waals surface area (Å²) in [5.74, 6) is 0.488. The number of benzene rings is 2. The Balaban J connectivity index is 2.00. The Kier molecular flexibility index (Phi) is 4.53. The van der Waals surface area contributed by atoms with Crippen molar-refractivity contribution in [3.63, 3.8) is 0 Å². The topological polar surface area (TPSA) is 40.5 Å². The smallest absolute Gasteiger partial charge is 0.421 e. The molecule has 0 aliphatic carbocycles. The van der Waals surface area contributed by atoms with Gasteiger partial charge in [-0.15, -0.1) is 0 Å².